The van der Waals surface area contributed by atoms with E-state index in [1.54, 1.807) is 36.7 Å². The molecule has 1 amide bonds. The summed E-state index contributed by atoms with van der Waals surface area (Å²) in [5.74, 6) is -1.39. The monoisotopic (exact) mass is 457 g/mol. The highest BCUT2D eigenvalue weighted by Gasteiger charge is 2.46. The summed E-state index contributed by atoms with van der Waals surface area (Å²) >= 11 is 6.13. The van der Waals surface area contributed by atoms with Gasteiger partial charge in [0.2, 0.25) is 0 Å². The lowest BCUT2D eigenvalue weighted by atomic mass is 9.96. The zero-order valence-corrected chi connectivity index (χ0v) is 18.4. The predicted octanol–water partition coefficient (Wildman–Crippen LogP) is 2.50. The van der Waals surface area contributed by atoms with Crippen LogP contribution in [0.15, 0.2) is 48.3 Å². The number of amides is 1. The molecule has 1 unspecified atom stereocenters. The van der Waals surface area contributed by atoms with Crippen LogP contribution < -0.4 is 4.74 Å². The van der Waals surface area contributed by atoms with Crippen LogP contribution in [0, 0.1) is 0 Å². The molecule has 32 heavy (non-hydrogen) atoms. The molecule has 3 heterocycles. The molecular weight excluding hydrogens is 434 g/mol. The van der Waals surface area contributed by atoms with E-state index in [0.29, 0.717) is 42.6 Å². The third-order valence-electron chi connectivity index (χ3n) is 5.72. The number of benzene rings is 1. The van der Waals surface area contributed by atoms with Crippen LogP contribution in [0.3, 0.4) is 0 Å². The van der Waals surface area contributed by atoms with E-state index in [9.17, 15) is 14.7 Å². The first-order valence-corrected chi connectivity index (χ1v) is 10.7. The van der Waals surface area contributed by atoms with Crippen LogP contribution in [0.2, 0.25) is 5.02 Å². The van der Waals surface area contributed by atoms with Gasteiger partial charge in [0.25, 0.3) is 11.7 Å². The highest BCUT2D eigenvalue weighted by atomic mass is 35.5. The number of ketones is 1. The summed E-state index contributed by atoms with van der Waals surface area (Å²) < 4.78 is 10.7. The molecular formula is C23H24ClN3O5. The largest absolute Gasteiger partial charge is 0.507 e. The third kappa shape index (κ3) is 4.34. The van der Waals surface area contributed by atoms with Gasteiger partial charge in [-0.3, -0.25) is 19.5 Å². The molecule has 2 fully saturated rings. The molecule has 1 atom stereocenters. The van der Waals surface area contributed by atoms with Gasteiger partial charge < -0.3 is 19.5 Å². The molecule has 2 aliphatic heterocycles. The van der Waals surface area contributed by atoms with Crippen molar-refractivity contribution in [2.24, 2.45) is 0 Å². The minimum absolute atomic E-state index is 0.00876. The van der Waals surface area contributed by atoms with Gasteiger partial charge in [-0.15, -0.1) is 0 Å². The Morgan fingerprint density at radius 2 is 2.03 bits per heavy atom. The van der Waals surface area contributed by atoms with Crippen LogP contribution in [0.1, 0.15) is 17.2 Å². The van der Waals surface area contributed by atoms with Gasteiger partial charge >= 0.3 is 0 Å². The lowest BCUT2D eigenvalue weighted by molar-refractivity contribution is -0.140. The molecule has 0 aliphatic carbocycles. The summed E-state index contributed by atoms with van der Waals surface area (Å²) in [4.78, 5) is 34.0. The number of ether oxygens (including phenoxy) is 2. The molecule has 0 saturated carbocycles. The fraction of sp³-hybridized carbons (Fsp3) is 0.348. The number of hydrogen-bond donors (Lipinski definition) is 1. The van der Waals surface area contributed by atoms with Crippen LogP contribution in [0.5, 0.6) is 5.75 Å². The Morgan fingerprint density at radius 1 is 1.25 bits per heavy atom. The van der Waals surface area contributed by atoms with Gasteiger partial charge in [-0.25, -0.2) is 0 Å². The number of rotatable bonds is 6. The number of carbonyl (C=O) groups excluding carboxylic acids is 2. The molecule has 4 rings (SSSR count). The number of pyridine rings is 1. The van der Waals surface area contributed by atoms with Gasteiger partial charge in [0, 0.05) is 43.6 Å². The van der Waals surface area contributed by atoms with Gasteiger partial charge in [0.15, 0.2) is 0 Å². The number of morpholine rings is 1. The maximum atomic E-state index is 13.1. The van der Waals surface area contributed by atoms with Crippen LogP contribution >= 0.6 is 11.6 Å². The molecule has 9 heteroatoms. The molecule has 0 bridgehead atoms. The zero-order chi connectivity index (χ0) is 22.7. The molecule has 2 aromatic rings. The summed E-state index contributed by atoms with van der Waals surface area (Å²) in [6.07, 6.45) is 3.21. The van der Waals surface area contributed by atoms with Crippen molar-refractivity contribution in [1.82, 2.24) is 14.8 Å². The smallest absolute Gasteiger partial charge is 0.295 e. The van der Waals surface area contributed by atoms with Gasteiger partial charge in [-0.1, -0.05) is 17.7 Å². The minimum atomic E-state index is -0.770. The maximum Gasteiger partial charge on any atom is 0.295 e. The van der Waals surface area contributed by atoms with E-state index in [4.69, 9.17) is 21.1 Å². The fourth-order valence-electron chi connectivity index (χ4n) is 4.08. The van der Waals surface area contributed by atoms with E-state index in [0.717, 1.165) is 13.1 Å². The molecule has 1 aromatic heterocycles. The first-order valence-electron chi connectivity index (χ1n) is 10.3. The number of aromatic nitrogens is 1. The van der Waals surface area contributed by atoms with E-state index >= 15 is 0 Å². The van der Waals surface area contributed by atoms with Crippen LogP contribution in [0.4, 0.5) is 0 Å². The van der Waals surface area contributed by atoms with Crippen molar-refractivity contribution in [2.45, 2.75) is 6.04 Å². The highest BCUT2D eigenvalue weighted by molar-refractivity contribution is 6.46. The van der Waals surface area contributed by atoms with Crippen molar-refractivity contribution in [2.75, 3.05) is 46.5 Å². The van der Waals surface area contributed by atoms with E-state index in [1.807, 2.05) is 0 Å². The average molecular weight is 458 g/mol. The van der Waals surface area contributed by atoms with Crippen molar-refractivity contribution in [3.05, 3.63) is 64.4 Å². The van der Waals surface area contributed by atoms with Crippen molar-refractivity contribution >= 4 is 29.1 Å². The molecule has 1 N–H and O–H groups in total. The fourth-order valence-corrected chi connectivity index (χ4v) is 4.25. The van der Waals surface area contributed by atoms with E-state index < -0.39 is 17.7 Å². The Bertz CT molecular complexity index is 1040. The first kappa shape index (κ1) is 22.3. The number of Topliss-reactive ketones (excluding diaryl/α,β-unsaturated/α-hetero) is 1. The van der Waals surface area contributed by atoms with E-state index in [2.05, 4.69) is 9.88 Å². The zero-order valence-electron chi connectivity index (χ0n) is 17.7. The molecule has 8 nitrogen and oxygen atoms in total. The molecule has 2 aliphatic rings. The molecule has 0 radical (unpaired) electrons. The van der Waals surface area contributed by atoms with Crippen molar-refractivity contribution in [3.8, 4) is 5.75 Å². The minimum Gasteiger partial charge on any atom is -0.507 e. The Labute approximate surface area is 191 Å². The van der Waals surface area contributed by atoms with Crippen molar-refractivity contribution < 1.29 is 24.2 Å². The number of aliphatic hydroxyl groups is 1. The maximum absolute atomic E-state index is 13.1. The van der Waals surface area contributed by atoms with Crippen LogP contribution in [-0.4, -0.2) is 78.1 Å². The summed E-state index contributed by atoms with van der Waals surface area (Å²) in [7, 11) is 1.46. The third-order valence-corrected chi connectivity index (χ3v) is 5.95. The number of halogens is 1. The summed E-state index contributed by atoms with van der Waals surface area (Å²) in [6.45, 7) is 3.72. The normalized spacial score (nSPS) is 21.2. The van der Waals surface area contributed by atoms with Gasteiger partial charge in [-0.05, 0) is 29.8 Å². The number of likely N-dealkylation sites (tertiary alicyclic amines) is 1. The van der Waals surface area contributed by atoms with Gasteiger partial charge in [-0.2, -0.15) is 0 Å². The number of aliphatic hydroxyl groups excluding tert-OH is 1. The summed E-state index contributed by atoms with van der Waals surface area (Å²) in [5.41, 5.74) is 0.877. The number of nitrogens with zero attached hydrogens (tertiary/aromatic N) is 3. The highest BCUT2D eigenvalue weighted by Crippen LogP contribution is 2.41. The lowest BCUT2D eigenvalue weighted by Crippen LogP contribution is -2.42. The number of carbonyl (C=O) groups is 2. The van der Waals surface area contributed by atoms with Crippen LogP contribution in [0.25, 0.3) is 5.76 Å². The van der Waals surface area contributed by atoms with E-state index in [-0.39, 0.29) is 16.9 Å². The number of methoxy groups -OCH3 is 1. The van der Waals surface area contributed by atoms with Gasteiger partial charge in [0.05, 0.1) is 37.5 Å². The van der Waals surface area contributed by atoms with Gasteiger partial charge in [0.1, 0.15) is 11.5 Å². The molecule has 0 spiro atoms. The summed E-state index contributed by atoms with van der Waals surface area (Å²) in [5, 5.41) is 11.6. The quantitative estimate of drug-likeness (QED) is 0.404. The molecule has 168 valence electrons. The first-order chi connectivity index (χ1) is 15.5. The second kappa shape index (κ2) is 9.68. The molecule has 1 aromatic carbocycles. The Morgan fingerprint density at radius 3 is 2.72 bits per heavy atom. The topological polar surface area (TPSA) is 92.2 Å². The Balaban J connectivity index is 1.76. The molecule has 2 saturated heterocycles. The van der Waals surface area contributed by atoms with Crippen LogP contribution in [-0.2, 0) is 14.3 Å². The predicted molar refractivity (Wildman–Crippen MR) is 119 cm³/mol. The Hall–Kier alpha value is -2.94. The standard InChI is InChI=1S/C23H24ClN3O5/c1-31-18-5-4-16(24)13-17(18)21(28)19-20(15-3-2-6-25-14-15)27(23(30)22(19)29)8-7-26-9-11-32-12-10-26/h2-6,13-14,20,28H,7-12H2,1H3. The number of hydrogen-bond acceptors (Lipinski definition) is 7. The average Bonchev–Trinajstić information content (AvgIpc) is 3.08. The summed E-state index contributed by atoms with van der Waals surface area (Å²) in [6, 6.07) is 7.48. The SMILES string of the molecule is COc1ccc(Cl)cc1C(O)=C1C(=O)C(=O)N(CCN2CCOCC2)C1c1cccnc1. The lowest BCUT2D eigenvalue weighted by Gasteiger charge is -2.30. The Kier molecular flexibility index (Phi) is 6.74. The van der Waals surface area contributed by atoms with Crippen molar-refractivity contribution in [1.29, 1.82) is 0 Å². The second-order valence-corrected chi connectivity index (χ2v) is 8.01. The second-order valence-electron chi connectivity index (χ2n) is 7.58. The van der Waals surface area contributed by atoms with Crippen molar-refractivity contribution in [3.63, 3.8) is 0 Å². The van der Waals surface area contributed by atoms with E-state index in [1.165, 1.54) is 18.1 Å².